The summed E-state index contributed by atoms with van der Waals surface area (Å²) in [5.41, 5.74) is 4.42. The molecule has 1 saturated heterocycles. The minimum atomic E-state index is 0.318. The van der Waals surface area contributed by atoms with E-state index in [9.17, 15) is 0 Å². The van der Waals surface area contributed by atoms with Crippen LogP contribution in [0, 0.1) is 46.8 Å². The molecule has 1 heterocycles. The first kappa shape index (κ1) is 15.4. The van der Waals surface area contributed by atoms with E-state index in [2.05, 4.69) is 19.1 Å². The Morgan fingerprint density at radius 3 is 2.69 bits per heavy atom. The normalized spacial score (nSPS) is 57.0. The van der Waals surface area contributed by atoms with Crippen LogP contribution < -0.4 is 0 Å². The summed E-state index contributed by atoms with van der Waals surface area (Å²) in [6, 6.07) is 0. The maximum atomic E-state index is 6.74. The first-order valence-electron chi connectivity index (χ1n) is 11.7. The minimum absolute atomic E-state index is 0.318. The molecule has 4 saturated carbocycles. The Kier molecular flexibility index (Phi) is 2.89. The van der Waals surface area contributed by atoms with E-state index in [1.165, 1.54) is 64.2 Å². The van der Waals surface area contributed by atoms with Crippen molar-refractivity contribution in [3.05, 3.63) is 23.3 Å². The van der Waals surface area contributed by atoms with E-state index >= 15 is 0 Å². The molecule has 1 aliphatic heterocycles. The summed E-state index contributed by atoms with van der Waals surface area (Å²) in [6.45, 7) is 3.71. The third-order valence-electron chi connectivity index (χ3n) is 10.5. The van der Waals surface area contributed by atoms with E-state index < -0.39 is 0 Å². The summed E-state index contributed by atoms with van der Waals surface area (Å²) in [5.74, 6) is 6.73. The van der Waals surface area contributed by atoms with E-state index in [4.69, 9.17) is 4.74 Å². The number of hydrogen-bond acceptors (Lipinski definition) is 1. The molecular formula is C25H34O. The summed E-state index contributed by atoms with van der Waals surface area (Å²) in [7, 11) is 0. The van der Waals surface area contributed by atoms with Gasteiger partial charge in [-0.15, -0.1) is 0 Å². The molecule has 7 aliphatic rings. The van der Waals surface area contributed by atoms with Crippen molar-refractivity contribution in [3.63, 3.8) is 0 Å². The van der Waals surface area contributed by atoms with E-state index in [0.29, 0.717) is 11.0 Å². The molecule has 0 amide bonds. The maximum absolute atomic E-state index is 6.74. The van der Waals surface area contributed by atoms with Crippen molar-refractivity contribution in [2.75, 3.05) is 6.61 Å². The van der Waals surface area contributed by atoms with Gasteiger partial charge in [-0.05, 0) is 111 Å². The largest absolute Gasteiger partial charge is 0.374 e. The van der Waals surface area contributed by atoms with Crippen molar-refractivity contribution in [1.82, 2.24) is 0 Å². The summed E-state index contributed by atoms with van der Waals surface area (Å²) < 4.78 is 6.74. The molecule has 140 valence electrons. The molecule has 7 rings (SSSR count). The molecule has 26 heavy (non-hydrogen) atoms. The van der Waals surface area contributed by atoms with Crippen molar-refractivity contribution in [2.45, 2.75) is 76.7 Å². The zero-order valence-electron chi connectivity index (χ0n) is 16.4. The lowest BCUT2D eigenvalue weighted by molar-refractivity contribution is -0.191. The summed E-state index contributed by atoms with van der Waals surface area (Å²) in [6.07, 6.45) is 19.6. The number of rotatable bonds is 1. The second-order valence-corrected chi connectivity index (χ2v) is 11.3. The molecule has 1 spiro atoms. The molecular weight excluding hydrogens is 316 g/mol. The van der Waals surface area contributed by atoms with Gasteiger partial charge in [-0.2, -0.15) is 0 Å². The molecule has 6 aliphatic carbocycles. The first-order valence-corrected chi connectivity index (χ1v) is 11.7. The van der Waals surface area contributed by atoms with Gasteiger partial charge in [-0.3, -0.25) is 0 Å². The summed E-state index contributed by atoms with van der Waals surface area (Å²) in [5, 5.41) is 0. The molecule has 1 heteroatoms. The van der Waals surface area contributed by atoms with Gasteiger partial charge in [0.15, 0.2) is 0 Å². The Labute approximate surface area is 158 Å². The van der Waals surface area contributed by atoms with Crippen LogP contribution in [0.1, 0.15) is 71.1 Å². The minimum Gasteiger partial charge on any atom is -0.374 e. The lowest BCUT2D eigenvalue weighted by atomic mass is 9.47. The molecule has 0 aromatic carbocycles. The number of hydrogen-bond donors (Lipinski definition) is 0. The van der Waals surface area contributed by atoms with Crippen LogP contribution in [0.5, 0.6) is 0 Å². The Morgan fingerprint density at radius 2 is 1.81 bits per heavy atom. The highest BCUT2D eigenvalue weighted by Gasteiger charge is 2.71. The van der Waals surface area contributed by atoms with Crippen molar-refractivity contribution in [2.24, 2.45) is 46.8 Å². The smallest absolute Gasteiger partial charge is 0.0747 e. The lowest BCUT2D eigenvalue weighted by Gasteiger charge is -2.60. The Hall–Kier alpha value is -0.560. The van der Waals surface area contributed by atoms with Crippen molar-refractivity contribution >= 4 is 0 Å². The number of allylic oxidation sites excluding steroid dienone is 4. The van der Waals surface area contributed by atoms with Gasteiger partial charge in [0.25, 0.3) is 0 Å². The van der Waals surface area contributed by atoms with Crippen molar-refractivity contribution in [3.8, 4) is 0 Å². The SMILES string of the molecule is C[C@]12CC=C(C3CC3)CC1=CC[C@@H]1C2CC[C@@]23OCCC4C2[C@@H]4CC[C@@H]13. The van der Waals surface area contributed by atoms with E-state index in [1.54, 1.807) is 5.57 Å². The van der Waals surface area contributed by atoms with Crippen LogP contribution in [0.2, 0.25) is 0 Å². The Morgan fingerprint density at radius 1 is 0.923 bits per heavy atom. The van der Waals surface area contributed by atoms with E-state index in [0.717, 1.165) is 48.0 Å². The highest BCUT2D eigenvalue weighted by Crippen LogP contribution is 2.72. The summed E-state index contributed by atoms with van der Waals surface area (Å²) >= 11 is 0. The third-order valence-corrected chi connectivity index (χ3v) is 10.5. The van der Waals surface area contributed by atoms with Crippen LogP contribution in [0.4, 0.5) is 0 Å². The average molecular weight is 351 g/mol. The van der Waals surface area contributed by atoms with Gasteiger partial charge >= 0.3 is 0 Å². The van der Waals surface area contributed by atoms with Gasteiger partial charge in [0.1, 0.15) is 0 Å². The standard InChI is InChI=1S/C25H34O/c1-24-11-8-16(15-2-3-15)14-17(24)4-5-20-21(24)9-12-25-22(20)7-6-18-19(23(18)25)10-13-26-25/h4,8,15,18-23H,2-3,5-7,9-14H2,1H3/t18-,19?,20-,21?,22+,23?,24+,25+/m1/s1. The summed E-state index contributed by atoms with van der Waals surface area (Å²) in [4.78, 5) is 0. The monoisotopic (exact) mass is 350 g/mol. The van der Waals surface area contributed by atoms with Crippen molar-refractivity contribution < 1.29 is 4.74 Å². The molecule has 0 N–H and O–H groups in total. The first-order chi connectivity index (χ1) is 12.7. The number of ether oxygens (including phenoxy) is 1. The van der Waals surface area contributed by atoms with E-state index in [1.807, 2.05) is 5.57 Å². The fourth-order valence-electron chi connectivity index (χ4n) is 9.11. The van der Waals surface area contributed by atoms with Crippen molar-refractivity contribution in [1.29, 1.82) is 0 Å². The van der Waals surface area contributed by atoms with Crippen LogP contribution in [0.15, 0.2) is 23.3 Å². The lowest BCUT2D eigenvalue weighted by Crippen LogP contribution is -2.58. The topological polar surface area (TPSA) is 9.23 Å². The van der Waals surface area contributed by atoms with Crippen LogP contribution >= 0.6 is 0 Å². The molecule has 0 radical (unpaired) electrons. The quantitative estimate of drug-likeness (QED) is 0.534. The molecule has 0 aromatic rings. The maximum Gasteiger partial charge on any atom is 0.0747 e. The van der Waals surface area contributed by atoms with Gasteiger partial charge in [0.05, 0.1) is 5.60 Å². The fraction of sp³-hybridized carbons (Fsp3) is 0.840. The van der Waals surface area contributed by atoms with Crippen LogP contribution in [0.25, 0.3) is 0 Å². The van der Waals surface area contributed by atoms with Crippen LogP contribution in [-0.4, -0.2) is 12.2 Å². The fourth-order valence-corrected chi connectivity index (χ4v) is 9.11. The van der Waals surface area contributed by atoms with Gasteiger partial charge < -0.3 is 4.74 Å². The van der Waals surface area contributed by atoms with Gasteiger partial charge in [0.2, 0.25) is 0 Å². The van der Waals surface area contributed by atoms with Gasteiger partial charge in [0, 0.05) is 6.61 Å². The molecule has 8 atom stereocenters. The zero-order chi connectivity index (χ0) is 17.1. The molecule has 5 fully saturated rings. The Bertz CT molecular complexity index is 710. The zero-order valence-corrected chi connectivity index (χ0v) is 16.4. The predicted molar refractivity (Wildman–Crippen MR) is 104 cm³/mol. The van der Waals surface area contributed by atoms with E-state index in [-0.39, 0.29) is 0 Å². The van der Waals surface area contributed by atoms with Crippen LogP contribution in [-0.2, 0) is 4.74 Å². The highest BCUT2D eigenvalue weighted by molar-refractivity contribution is 5.35. The Balaban J connectivity index is 1.23. The molecule has 0 aromatic heterocycles. The molecule has 3 unspecified atom stereocenters. The second-order valence-electron chi connectivity index (χ2n) is 11.3. The van der Waals surface area contributed by atoms with Gasteiger partial charge in [-0.1, -0.05) is 30.2 Å². The molecule has 1 nitrogen and oxygen atoms in total. The van der Waals surface area contributed by atoms with Gasteiger partial charge in [-0.25, -0.2) is 0 Å². The predicted octanol–water partition coefficient (Wildman–Crippen LogP) is 5.91. The van der Waals surface area contributed by atoms with Crippen LogP contribution in [0.3, 0.4) is 0 Å². The molecule has 0 bridgehead atoms. The third kappa shape index (κ3) is 1.78. The average Bonchev–Trinajstić information content (AvgIpc) is 3.56. The number of fused-ring (bicyclic) bond motifs is 5. The highest BCUT2D eigenvalue weighted by atomic mass is 16.5. The second kappa shape index (κ2) is 4.88.